The molecule has 1 unspecified atom stereocenters. The molecule has 0 heterocycles. The summed E-state index contributed by atoms with van der Waals surface area (Å²) in [6, 6.07) is 17.2. The van der Waals surface area contributed by atoms with E-state index in [9.17, 15) is 5.11 Å². The molecule has 1 N–H and O–H groups in total. The van der Waals surface area contributed by atoms with Crippen molar-refractivity contribution in [1.82, 2.24) is 4.90 Å². The van der Waals surface area contributed by atoms with Crippen LogP contribution in [0, 0.1) is 13.8 Å². The standard InChI is InChI=1S/C21H27NO2/c1-16-7-9-18(10-8-16)13-22(19-11-12-19)14-20(23)15-24-21-6-4-3-5-17(21)2/h3-10,19-20,23H,11-15H2,1-2H3. The van der Waals surface area contributed by atoms with E-state index in [1.54, 1.807) is 0 Å². The van der Waals surface area contributed by atoms with Crippen LogP contribution in [0.25, 0.3) is 0 Å². The zero-order chi connectivity index (χ0) is 16.9. The van der Waals surface area contributed by atoms with Crippen molar-refractivity contribution in [3.05, 3.63) is 65.2 Å². The summed E-state index contributed by atoms with van der Waals surface area (Å²) in [7, 11) is 0. The fraction of sp³-hybridized carbons (Fsp3) is 0.429. The van der Waals surface area contributed by atoms with Gasteiger partial charge >= 0.3 is 0 Å². The van der Waals surface area contributed by atoms with Gasteiger partial charge in [0.25, 0.3) is 0 Å². The molecular weight excluding hydrogens is 298 g/mol. The largest absolute Gasteiger partial charge is 0.491 e. The fourth-order valence-corrected chi connectivity index (χ4v) is 2.94. The van der Waals surface area contributed by atoms with Gasteiger partial charge in [-0.15, -0.1) is 0 Å². The summed E-state index contributed by atoms with van der Waals surface area (Å²) in [5, 5.41) is 10.4. The van der Waals surface area contributed by atoms with Gasteiger partial charge in [-0.25, -0.2) is 0 Å². The van der Waals surface area contributed by atoms with Crippen LogP contribution in [-0.4, -0.2) is 35.3 Å². The molecule has 128 valence electrons. The summed E-state index contributed by atoms with van der Waals surface area (Å²) in [4.78, 5) is 2.39. The number of aliphatic hydroxyl groups excluding tert-OH is 1. The van der Waals surface area contributed by atoms with E-state index in [0.29, 0.717) is 19.2 Å². The number of ether oxygens (including phenoxy) is 1. The van der Waals surface area contributed by atoms with Crippen LogP contribution in [0.4, 0.5) is 0 Å². The summed E-state index contributed by atoms with van der Waals surface area (Å²) in [5.41, 5.74) is 3.69. The molecule has 3 nitrogen and oxygen atoms in total. The quantitative estimate of drug-likeness (QED) is 0.803. The van der Waals surface area contributed by atoms with Crippen LogP contribution in [0.1, 0.15) is 29.5 Å². The molecule has 0 bridgehead atoms. The van der Waals surface area contributed by atoms with Crippen LogP contribution in [0.5, 0.6) is 5.75 Å². The Kier molecular flexibility index (Phi) is 5.54. The number of nitrogens with zero attached hydrogens (tertiary/aromatic N) is 1. The molecule has 0 radical (unpaired) electrons. The molecule has 0 aliphatic heterocycles. The Balaban J connectivity index is 1.53. The van der Waals surface area contributed by atoms with Crippen molar-refractivity contribution in [1.29, 1.82) is 0 Å². The van der Waals surface area contributed by atoms with Crippen LogP contribution in [0.3, 0.4) is 0 Å². The summed E-state index contributed by atoms with van der Waals surface area (Å²) in [6.07, 6.45) is 1.99. The molecule has 1 fully saturated rings. The Bertz CT molecular complexity index is 649. The minimum atomic E-state index is -0.476. The van der Waals surface area contributed by atoms with E-state index in [4.69, 9.17) is 4.74 Å². The molecule has 24 heavy (non-hydrogen) atoms. The van der Waals surface area contributed by atoms with Crippen molar-refractivity contribution in [2.45, 2.75) is 45.4 Å². The average molecular weight is 325 g/mol. The second kappa shape index (κ2) is 7.82. The normalized spacial score (nSPS) is 15.5. The molecule has 2 aromatic carbocycles. The molecule has 0 saturated heterocycles. The summed E-state index contributed by atoms with van der Waals surface area (Å²) in [5.74, 6) is 0.855. The predicted molar refractivity (Wildman–Crippen MR) is 97.3 cm³/mol. The first-order valence-electron chi connectivity index (χ1n) is 8.78. The SMILES string of the molecule is Cc1ccc(CN(CC(O)COc2ccccc2C)C2CC2)cc1. The zero-order valence-corrected chi connectivity index (χ0v) is 14.6. The fourth-order valence-electron chi connectivity index (χ4n) is 2.94. The van der Waals surface area contributed by atoms with Gasteiger partial charge in [-0.3, -0.25) is 4.90 Å². The summed E-state index contributed by atoms with van der Waals surface area (Å²) >= 11 is 0. The van der Waals surface area contributed by atoms with E-state index in [0.717, 1.165) is 17.9 Å². The smallest absolute Gasteiger partial charge is 0.122 e. The van der Waals surface area contributed by atoms with Crippen LogP contribution >= 0.6 is 0 Å². The van der Waals surface area contributed by atoms with E-state index in [1.807, 2.05) is 31.2 Å². The van der Waals surface area contributed by atoms with Crippen molar-refractivity contribution in [2.75, 3.05) is 13.2 Å². The van der Waals surface area contributed by atoms with Gasteiger partial charge in [-0.1, -0.05) is 48.0 Å². The Morgan fingerprint density at radius 3 is 2.46 bits per heavy atom. The van der Waals surface area contributed by atoms with Crippen molar-refractivity contribution < 1.29 is 9.84 Å². The van der Waals surface area contributed by atoms with Gasteiger partial charge in [0.15, 0.2) is 0 Å². The van der Waals surface area contributed by atoms with E-state index in [2.05, 4.69) is 36.1 Å². The first kappa shape index (κ1) is 17.0. The van der Waals surface area contributed by atoms with Crippen molar-refractivity contribution in [3.8, 4) is 5.75 Å². The lowest BCUT2D eigenvalue weighted by molar-refractivity contribution is 0.0624. The zero-order valence-electron chi connectivity index (χ0n) is 14.6. The Hall–Kier alpha value is -1.84. The van der Waals surface area contributed by atoms with Gasteiger partial charge in [0.1, 0.15) is 18.5 Å². The lowest BCUT2D eigenvalue weighted by atomic mass is 10.1. The van der Waals surface area contributed by atoms with E-state index in [-0.39, 0.29) is 0 Å². The van der Waals surface area contributed by atoms with Crippen LogP contribution in [-0.2, 0) is 6.54 Å². The molecule has 0 amide bonds. The molecule has 0 aromatic heterocycles. The second-order valence-electron chi connectivity index (χ2n) is 6.88. The Morgan fingerprint density at radius 1 is 1.08 bits per heavy atom. The third-order valence-corrected chi connectivity index (χ3v) is 4.54. The molecule has 1 saturated carbocycles. The van der Waals surface area contributed by atoms with Crippen LogP contribution in [0.2, 0.25) is 0 Å². The molecule has 3 rings (SSSR count). The lowest BCUT2D eigenvalue weighted by Crippen LogP contribution is -2.36. The monoisotopic (exact) mass is 325 g/mol. The van der Waals surface area contributed by atoms with E-state index in [1.165, 1.54) is 24.0 Å². The highest BCUT2D eigenvalue weighted by Crippen LogP contribution is 2.28. The first-order valence-corrected chi connectivity index (χ1v) is 8.78. The number of hydrogen-bond acceptors (Lipinski definition) is 3. The number of para-hydroxylation sites is 1. The Labute approximate surface area is 144 Å². The predicted octanol–water partition coefficient (Wildman–Crippen LogP) is 3.71. The van der Waals surface area contributed by atoms with E-state index >= 15 is 0 Å². The minimum Gasteiger partial charge on any atom is -0.491 e. The second-order valence-corrected chi connectivity index (χ2v) is 6.88. The van der Waals surface area contributed by atoms with Gasteiger partial charge in [0, 0.05) is 19.1 Å². The maximum Gasteiger partial charge on any atom is 0.122 e. The molecule has 0 spiro atoms. The topological polar surface area (TPSA) is 32.7 Å². The third-order valence-electron chi connectivity index (χ3n) is 4.54. The maximum absolute atomic E-state index is 10.4. The van der Waals surface area contributed by atoms with Gasteiger partial charge in [-0.05, 0) is 43.9 Å². The lowest BCUT2D eigenvalue weighted by Gasteiger charge is -2.25. The third kappa shape index (κ3) is 4.83. The van der Waals surface area contributed by atoms with Crippen molar-refractivity contribution >= 4 is 0 Å². The number of aliphatic hydroxyl groups is 1. The molecule has 1 atom stereocenters. The molecule has 2 aromatic rings. The molecular formula is C21H27NO2. The minimum absolute atomic E-state index is 0.335. The first-order chi connectivity index (χ1) is 11.6. The maximum atomic E-state index is 10.4. The van der Waals surface area contributed by atoms with Crippen molar-refractivity contribution in [2.24, 2.45) is 0 Å². The average Bonchev–Trinajstić information content (AvgIpc) is 3.40. The van der Waals surface area contributed by atoms with Gasteiger partial charge in [0.05, 0.1) is 0 Å². The summed E-state index contributed by atoms with van der Waals surface area (Å²) in [6.45, 7) is 6.02. The number of benzene rings is 2. The van der Waals surface area contributed by atoms with Crippen LogP contribution < -0.4 is 4.74 Å². The van der Waals surface area contributed by atoms with Gasteiger partial charge in [0.2, 0.25) is 0 Å². The van der Waals surface area contributed by atoms with E-state index < -0.39 is 6.10 Å². The van der Waals surface area contributed by atoms with Gasteiger partial charge in [-0.2, -0.15) is 0 Å². The summed E-state index contributed by atoms with van der Waals surface area (Å²) < 4.78 is 5.79. The molecule has 1 aliphatic carbocycles. The van der Waals surface area contributed by atoms with Crippen molar-refractivity contribution in [3.63, 3.8) is 0 Å². The highest BCUT2D eigenvalue weighted by molar-refractivity contribution is 5.31. The highest BCUT2D eigenvalue weighted by atomic mass is 16.5. The molecule has 1 aliphatic rings. The number of aryl methyl sites for hydroxylation is 2. The Morgan fingerprint density at radius 2 is 1.79 bits per heavy atom. The number of rotatable bonds is 8. The molecule has 3 heteroatoms. The highest BCUT2D eigenvalue weighted by Gasteiger charge is 2.30. The number of hydrogen-bond donors (Lipinski definition) is 1. The van der Waals surface area contributed by atoms with Gasteiger partial charge < -0.3 is 9.84 Å². The van der Waals surface area contributed by atoms with Crippen LogP contribution in [0.15, 0.2) is 48.5 Å².